The molecule has 6 nitrogen and oxygen atoms in total. The zero-order valence-corrected chi connectivity index (χ0v) is 9.58. The molecule has 0 aliphatic rings. The predicted octanol–water partition coefficient (Wildman–Crippen LogP) is 1.66. The van der Waals surface area contributed by atoms with Crippen molar-refractivity contribution in [2.45, 2.75) is 0 Å². The number of carbonyl (C=O) groups is 1. The zero-order valence-electron chi connectivity index (χ0n) is 9.58. The lowest BCUT2D eigenvalue weighted by Gasteiger charge is -2.00. The highest BCUT2D eigenvalue weighted by Crippen LogP contribution is 2.28. The molecule has 0 saturated heterocycles. The molecule has 1 aromatic carbocycles. The lowest BCUT2D eigenvalue weighted by Crippen LogP contribution is -2.01. The Hall–Kier alpha value is -2.63. The van der Waals surface area contributed by atoms with Gasteiger partial charge in [-0.05, 0) is 6.07 Å². The highest BCUT2D eigenvalue weighted by Gasteiger charge is 2.20. The summed E-state index contributed by atoms with van der Waals surface area (Å²) in [6.07, 6.45) is 1.33. The van der Waals surface area contributed by atoms with E-state index in [9.17, 15) is 4.79 Å². The van der Waals surface area contributed by atoms with E-state index in [0.29, 0.717) is 11.4 Å². The molecule has 3 aromatic rings. The molecule has 0 aliphatic heterocycles. The van der Waals surface area contributed by atoms with Gasteiger partial charge in [-0.15, -0.1) is 0 Å². The number of aromatic amines is 1. The number of rotatable bonds is 2. The first-order valence-electron chi connectivity index (χ1n) is 5.37. The number of para-hydroxylation sites is 1. The van der Waals surface area contributed by atoms with Gasteiger partial charge in [0, 0.05) is 12.4 Å². The molecule has 2 N–H and O–H groups in total. The molecule has 18 heavy (non-hydrogen) atoms. The van der Waals surface area contributed by atoms with Crippen molar-refractivity contribution in [3.63, 3.8) is 0 Å². The van der Waals surface area contributed by atoms with Crippen LogP contribution in [0.15, 0.2) is 30.5 Å². The van der Waals surface area contributed by atoms with E-state index in [1.54, 1.807) is 7.05 Å². The van der Waals surface area contributed by atoms with Gasteiger partial charge in [0.15, 0.2) is 0 Å². The van der Waals surface area contributed by atoms with E-state index in [2.05, 4.69) is 15.3 Å². The third-order valence-corrected chi connectivity index (χ3v) is 2.86. The normalized spacial score (nSPS) is 10.9. The Kier molecular flexibility index (Phi) is 2.16. The second-order valence-corrected chi connectivity index (χ2v) is 3.95. The van der Waals surface area contributed by atoms with E-state index in [1.807, 2.05) is 24.3 Å². The number of hydrogen-bond donors (Lipinski definition) is 2. The van der Waals surface area contributed by atoms with Crippen LogP contribution in [0.1, 0.15) is 10.4 Å². The summed E-state index contributed by atoms with van der Waals surface area (Å²) in [6, 6.07) is 7.57. The molecule has 0 fully saturated rings. The molecule has 90 valence electrons. The molecule has 2 aromatic heterocycles. The molecule has 0 bridgehead atoms. The Morgan fingerprint density at radius 1 is 1.39 bits per heavy atom. The fourth-order valence-electron chi connectivity index (χ4n) is 2.02. The van der Waals surface area contributed by atoms with Gasteiger partial charge in [0.05, 0.1) is 11.7 Å². The van der Waals surface area contributed by atoms with E-state index in [0.717, 1.165) is 10.9 Å². The minimum atomic E-state index is -1.01. The van der Waals surface area contributed by atoms with Crippen molar-refractivity contribution in [1.82, 2.24) is 20.0 Å². The van der Waals surface area contributed by atoms with Crippen LogP contribution >= 0.6 is 0 Å². The topological polar surface area (TPSA) is 83.8 Å². The van der Waals surface area contributed by atoms with Crippen molar-refractivity contribution in [2.75, 3.05) is 0 Å². The van der Waals surface area contributed by atoms with Gasteiger partial charge in [-0.1, -0.05) is 18.2 Å². The Morgan fingerprint density at radius 3 is 2.94 bits per heavy atom. The lowest BCUT2D eigenvalue weighted by molar-refractivity contribution is 0.0697. The minimum Gasteiger partial charge on any atom is -0.478 e. The summed E-state index contributed by atoms with van der Waals surface area (Å²) in [5.41, 5.74) is 2.11. The summed E-state index contributed by atoms with van der Waals surface area (Å²) < 4.78 is 1.52. The number of H-pyrrole nitrogens is 1. The maximum Gasteiger partial charge on any atom is 0.339 e. The van der Waals surface area contributed by atoms with E-state index >= 15 is 0 Å². The van der Waals surface area contributed by atoms with E-state index in [4.69, 9.17) is 5.11 Å². The lowest BCUT2D eigenvalue weighted by atomic mass is 10.1. The number of aromatic carboxylic acids is 1. The number of aromatic nitrogens is 4. The molecular formula is C12H10N4O2. The third-order valence-electron chi connectivity index (χ3n) is 2.86. The van der Waals surface area contributed by atoms with Gasteiger partial charge in [0.1, 0.15) is 17.0 Å². The van der Waals surface area contributed by atoms with Crippen LogP contribution in [0.25, 0.3) is 22.3 Å². The van der Waals surface area contributed by atoms with Gasteiger partial charge in [0.25, 0.3) is 0 Å². The molecule has 0 aliphatic carbocycles. The second kappa shape index (κ2) is 3.69. The Morgan fingerprint density at radius 2 is 2.17 bits per heavy atom. The highest BCUT2D eigenvalue weighted by molar-refractivity contribution is 6.00. The third kappa shape index (κ3) is 1.39. The number of carboxylic acids is 1. The van der Waals surface area contributed by atoms with E-state index in [-0.39, 0.29) is 5.56 Å². The molecule has 0 unspecified atom stereocenters. The van der Waals surface area contributed by atoms with Crippen LogP contribution in [-0.2, 0) is 7.05 Å². The number of benzene rings is 1. The molecule has 0 atom stereocenters. The van der Waals surface area contributed by atoms with Gasteiger partial charge in [0.2, 0.25) is 0 Å². The predicted molar refractivity (Wildman–Crippen MR) is 65.3 cm³/mol. The molecule has 2 heterocycles. The molecule has 6 heteroatoms. The summed E-state index contributed by atoms with van der Waals surface area (Å²) in [5, 5.41) is 21.1. The van der Waals surface area contributed by atoms with Gasteiger partial charge < -0.3 is 5.11 Å². The van der Waals surface area contributed by atoms with Gasteiger partial charge in [-0.3, -0.25) is 9.78 Å². The maximum absolute atomic E-state index is 11.2. The van der Waals surface area contributed by atoms with Gasteiger partial charge in [-0.25, -0.2) is 4.79 Å². The monoisotopic (exact) mass is 242 g/mol. The van der Waals surface area contributed by atoms with E-state index in [1.165, 1.54) is 10.9 Å². The average Bonchev–Trinajstić information content (AvgIpc) is 2.92. The van der Waals surface area contributed by atoms with Crippen LogP contribution in [0.3, 0.4) is 0 Å². The summed E-state index contributed by atoms with van der Waals surface area (Å²) in [7, 11) is 1.70. The highest BCUT2D eigenvalue weighted by atomic mass is 16.4. The van der Waals surface area contributed by atoms with Crippen LogP contribution in [0.4, 0.5) is 0 Å². The summed E-state index contributed by atoms with van der Waals surface area (Å²) in [5.74, 6) is -1.01. The van der Waals surface area contributed by atoms with Crippen LogP contribution < -0.4 is 0 Å². The number of aryl methyl sites for hydroxylation is 1. The Balaban J connectivity index is 2.33. The zero-order chi connectivity index (χ0) is 12.7. The largest absolute Gasteiger partial charge is 0.478 e. The smallest absolute Gasteiger partial charge is 0.339 e. The van der Waals surface area contributed by atoms with Crippen LogP contribution in [0.5, 0.6) is 0 Å². The number of fused-ring (bicyclic) bond motifs is 1. The van der Waals surface area contributed by atoms with Crippen LogP contribution in [-0.4, -0.2) is 31.1 Å². The first-order valence-corrected chi connectivity index (χ1v) is 5.37. The number of hydrogen-bond acceptors (Lipinski definition) is 3. The number of nitrogens with zero attached hydrogens (tertiary/aromatic N) is 3. The van der Waals surface area contributed by atoms with Crippen molar-refractivity contribution < 1.29 is 9.90 Å². The standard InChI is InChI=1S/C12H10N4O2/c1-16-11(8(6-13-16)12(17)18)10-7-4-2-3-5-9(7)14-15-10/h2-6H,1H3,(H,14,15)(H,17,18). The fraction of sp³-hybridized carbons (Fsp3) is 0.0833. The average molecular weight is 242 g/mol. The summed E-state index contributed by atoms with van der Waals surface area (Å²) >= 11 is 0. The Labute approximate surface area is 102 Å². The molecule has 3 rings (SSSR count). The minimum absolute atomic E-state index is 0.148. The van der Waals surface area contributed by atoms with Crippen LogP contribution in [0, 0.1) is 0 Å². The van der Waals surface area contributed by atoms with Crippen molar-refractivity contribution in [2.24, 2.45) is 7.05 Å². The quantitative estimate of drug-likeness (QED) is 0.715. The van der Waals surface area contributed by atoms with Gasteiger partial charge >= 0.3 is 5.97 Å². The number of carboxylic acid groups (broad SMARTS) is 1. The fourth-order valence-corrected chi connectivity index (χ4v) is 2.02. The SMILES string of the molecule is Cn1ncc(C(=O)O)c1-c1n[nH]c2ccccc12. The molecule has 0 radical (unpaired) electrons. The maximum atomic E-state index is 11.2. The van der Waals surface area contributed by atoms with Gasteiger partial charge in [-0.2, -0.15) is 10.2 Å². The molecular weight excluding hydrogens is 232 g/mol. The summed E-state index contributed by atoms with van der Waals surface area (Å²) in [4.78, 5) is 11.2. The molecule has 0 saturated carbocycles. The van der Waals surface area contributed by atoms with Crippen molar-refractivity contribution in [3.8, 4) is 11.4 Å². The van der Waals surface area contributed by atoms with Crippen LogP contribution in [0.2, 0.25) is 0 Å². The van der Waals surface area contributed by atoms with E-state index < -0.39 is 5.97 Å². The Bertz CT molecular complexity index is 741. The molecule has 0 spiro atoms. The second-order valence-electron chi connectivity index (χ2n) is 3.95. The first-order chi connectivity index (χ1) is 8.68. The molecule has 0 amide bonds. The van der Waals surface area contributed by atoms with Crippen molar-refractivity contribution in [3.05, 3.63) is 36.0 Å². The summed E-state index contributed by atoms with van der Waals surface area (Å²) in [6.45, 7) is 0. The number of nitrogens with one attached hydrogen (secondary N) is 1. The first kappa shape index (κ1) is 10.5. The van der Waals surface area contributed by atoms with Crippen molar-refractivity contribution in [1.29, 1.82) is 0 Å². The van der Waals surface area contributed by atoms with Crippen molar-refractivity contribution >= 4 is 16.9 Å².